The standard InChI is InChI=1S/C20H24N2O2/c1-4-15-7-6-8-16(5-2)20(15)21-13-19(24)22-18-11-9-17(10-12-18)14(3)23/h6-12,21H,4-5,13H2,1-3H3,(H,22,24). The number of hydrogen-bond donors (Lipinski definition) is 2. The number of aryl methyl sites for hydroxylation is 2. The van der Waals surface area contributed by atoms with Crippen molar-refractivity contribution in [2.75, 3.05) is 17.2 Å². The molecule has 0 radical (unpaired) electrons. The molecule has 2 rings (SSSR count). The lowest BCUT2D eigenvalue weighted by molar-refractivity contribution is -0.114. The Morgan fingerprint density at radius 2 is 1.50 bits per heavy atom. The molecule has 0 bridgehead atoms. The number of hydrogen-bond acceptors (Lipinski definition) is 3. The van der Waals surface area contributed by atoms with Crippen LogP contribution in [-0.2, 0) is 17.6 Å². The third-order valence-electron chi connectivity index (χ3n) is 4.00. The molecule has 0 saturated heterocycles. The first-order valence-corrected chi connectivity index (χ1v) is 8.30. The largest absolute Gasteiger partial charge is 0.376 e. The minimum Gasteiger partial charge on any atom is -0.376 e. The fourth-order valence-corrected chi connectivity index (χ4v) is 2.63. The van der Waals surface area contributed by atoms with E-state index in [2.05, 4.69) is 42.7 Å². The summed E-state index contributed by atoms with van der Waals surface area (Å²) in [5.41, 5.74) is 4.81. The highest BCUT2D eigenvalue weighted by molar-refractivity contribution is 5.96. The van der Waals surface area contributed by atoms with Crippen LogP contribution in [0.1, 0.15) is 42.3 Å². The monoisotopic (exact) mass is 324 g/mol. The third kappa shape index (κ3) is 4.44. The Morgan fingerprint density at radius 3 is 2.00 bits per heavy atom. The molecular formula is C20H24N2O2. The second-order valence-electron chi connectivity index (χ2n) is 5.69. The highest BCUT2D eigenvalue weighted by atomic mass is 16.2. The van der Waals surface area contributed by atoms with Crippen molar-refractivity contribution in [1.82, 2.24) is 0 Å². The van der Waals surface area contributed by atoms with Crippen LogP contribution in [0.15, 0.2) is 42.5 Å². The van der Waals surface area contributed by atoms with Gasteiger partial charge in [-0.3, -0.25) is 9.59 Å². The van der Waals surface area contributed by atoms with Gasteiger partial charge in [0.25, 0.3) is 0 Å². The van der Waals surface area contributed by atoms with E-state index in [1.54, 1.807) is 24.3 Å². The van der Waals surface area contributed by atoms with Crippen LogP contribution < -0.4 is 10.6 Å². The molecule has 0 atom stereocenters. The summed E-state index contributed by atoms with van der Waals surface area (Å²) < 4.78 is 0. The number of anilines is 2. The predicted octanol–water partition coefficient (Wildman–Crippen LogP) is 4.06. The molecule has 0 unspecified atom stereocenters. The number of carbonyl (C=O) groups excluding carboxylic acids is 2. The zero-order chi connectivity index (χ0) is 17.5. The van der Waals surface area contributed by atoms with E-state index in [4.69, 9.17) is 0 Å². The smallest absolute Gasteiger partial charge is 0.243 e. The zero-order valence-corrected chi connectivity index (χ0v) is 14.5. The normalized spacial score (nSPS) is 10.3. The number of carbonyl (C=O) groups is 2. The van der Waals surface area contributed by atoms with Crippen molar-refractivity contribution in [3.8, 4) is 0 Å². The Bertz CT molecular complexity index is 699. The van der Waals surface area contributed by atoms with Crippen molar-refractivity contribution >= 4 is 23.1 Å². The first-order chi connectivity index (χ1) is 11.5. The Kier molecular flexibility index (Phi) is 6.13. The summed E-state index contributed by atoms with van der Waals surface area (Å²) in [5, 5.41) is 6.11. The van der Waals surface area contributed by atoms with E-state index in [1.165, 1.54) is 18.1 Å². The van der Waals surface area contributed by atoms with Gasteiger partial charge in [0.1, 0.15) is 0 Å². The van der Waals surface area contributed by atoms with Gasteiger partial charge in [0.05, 0.1) is 6.54 Å². The molecule has 0 aliphatic rings. The lowest BCUT2D eigenvalue weighted by atomic mass is 10.0. The van der Waals surface area contributed by atoms with Crippen LogP contribution in [0.4, 0.5) is 11.4 Å². The summed E-state index contributed by atoms with van der Waals surface area (Å²) in [7, 11) is 0. The van der Waals surface area contributed by atoms with Gasteiger partial charge in [-0.15, -0.1) is 0 Å². The molecule has 1 amide bonds. The van der Waals surface area contributed by atoms with Crippen LogP contribution in [0.3, 0.4) is 0 Å². The molecule has 4 nitrogen and oxygen atoms in total. The molecule has 0 aliphatic carbocycles. The molecule has 0 aliphatic heterocycles. The Hall–Kier alpha value is -2.62. The van der Waals surface area contributed by atoms with E-state index in [0.717, 1.165) is 18.5 Å². The first-order valence-electron chi connectivity index (χ1n) is 8.30. The van der Waals surface area contributed by atoms with Crippen LogP contribution in [0, 0.1) is 0 Å². The lowest BCUT2D eigenvalue weighted by Crippen LogP contribution is -2.22. The number of Topliss-reactive ketones (excluding diaryl/α,β-unsaturated/α-hetero) is 1. The molecule has 24 heavy (non-hydrogen) atoms. The lowest BCUT2D eigenvalue weighted by Gasteiger charge is -2.15. The van der Waals surface area contributed by atoms with Crippen molar-refractivity contribution in [1.29, 1.82) is 0 Å². The highest BCUT2D eigenvalue weighted by Crippen LogP contribution is 2.22. The number of amides is 1. The van der Waals surface area contributed by atoms with Gasteiger partial charge in [-0.1, -0.05) is 32.0 Å². The first kappa shape index (κ1) is 17.7. The van der Waals surface area contributed by atoms with Gasteiger partial charge >= 0.3 is 0 Å². The minimum absolute atomic E-state index is 0.0119. The summed E-state index contributed by atoms with van der Waals surface area (Å²) in [6, 6.07) is 13.1. The molecule has 0 heterocycles. The molecule has 126 valence electrons. The molecule has 2 N–H and O–H groups in total. The van der Waals surface area contributed by atoms with E-state index in [1.807, 2.05) is 0 Å². The van der Waals surface area contributed by atoms with Crippen LogP contribution in [0.2, 0.25) is 0 Å². The van der Waals surface area contributed by atoms with E-state index < -0.39 is 0 Å². The second-order valence-corrected chi connectivity index (χ2v) is 5.69. The van der Waals surface area contributed by atoms with Crippen LogP contribution in [0.5, 0.6) is 0 Å². The Labute approximate surface area is 143 Å². The molecule has 0 saturated carbocycles. The summed E-state index contributed by atoms with van der Waals surface area (Å²) >= 11 is 0. The fraction of sp³-hybridized carbons (Fsp3) is 0.300. The summed E-state index contributed by atoms with van der Waals surface area (Å²) in [5.74, 6) is -0.101. The average Bonchev–Trinajstić information content (AvgIpc) is 2.59. The van der Waals surface area contributed by atoms with Gasteiger partial charge in [-0.2, -0.15) is 0 Å². The van der Waals surface area contributed by atoms with E-state index in [9.17, 15) is 9.59 Å². The maximum Gasteiger partial charge on any atom is 0.243 e. The SMILES string of the molecule is CCc1cccc(CC)c1NCC(=O)Nc1ccc(C(C)=O)cc1. The van der Waals surface area contributed by atoms with Crippen LogP contribution in [-0.4, -0.2) is 18.2 Å². The third-order valence-corrected chi connectivity index (χ3v) is 4.00. The van der Waals surface area contributed by atoms with Crippen molar-refractivity contribution < 1.29 is 9.59 Å². The average molecular weight is 324 g/mol. The van der Waals surface area contributed by atoms with Crippen molar-refractivity contribution in [2.24, 2.45) is 0 Å². The molecule has 0 fully saturated rings. The highest BCUT2D eigenvalue weighted by Gasteiger charge is 2.08. The van der Waals surface area contributed by atoms with E-state index in [-0.39, 0.29) is 18.2 Å². The van der Waals surface area contributed by atoms with Crippen molar-refractivity contribution in [3.05, 3.63) is 59.2 Å². The van der Waals surface area contributed by atoms with Crippen LogP contribution in [0.25, 0.3) is 0 Å². The quantitative estimate of drug-likeness (QED) is 0.755. The van der Waals surface area contributed by atoms with Crippen molar-refractivity contribution in [3.63, 3.8) is 0 Å². The molecular weight excluding hydrogens is 300 g/mol. The van der Waals surface area contributed by atoms with Gasteiger partial charge in [-0.05, 0) is 55.2 Å². The predicted molar refractivity (Wildman–Crippen MR) is 98.8 cm³/mol. The van der Waals surface area contributed by atoms with Crippen molar-refractivity contribution in [2.45, 2.75) is 33.6 Å². The number of para-hydroxylation sites is 1. The molecule has 2 aromatic rings. The summed E-state index contributed by atoms with van der Waals surface area (Å²) in [6.07, 6.45) is 1.84. The molecule has 4 heteroatoms. The second kappa shape index (κ2) is 8.29. The maximum absolute atomic E-state index is 12.2. The number of ketones is 1. The summed E-state index contributed by atoms with van der Waals surface area (Å²) in [6.45, 7) is 5.94. The van der Waals surface area contributed by atoms with E-state index in [0.29, 0.717) is 11.3 Å². The van der Waals surface area contributed by atoms with Crippen LogP contribution >= 0.6 is 0 Å². The summed E-state index contributed by atoms with van der Waals surface area (Å²) in [4.78, 5) is 23.4. The number of nitrogens with one attached hydrogen (secondary N) is 2. The van der Waals surface area contributed by atoms with Gasteiger partial charge in [0, 0.05) is 16.9 Å². The zero-order valence-electron chi connectivity index (χ0n) is 14.5. The number of rotatable bonds is 7. The number of benzene rings is 2. The topological polar surface area (TPSA) is 58.2 Å². The van der Waals surface area contributed by atoms with Gasteiger partial charge in [-0.25, -0.2) is 0 Å². The molecule has 2 aromatic carbocycles. The minimum atomic E-state index is -0.112. The maximum atomic E-state index is 12.2. The Balaban J connectivity index is 2.00. The van der Waals surface area contributed by atoms with E-state index >= 15 is 0 Å². The van der Waals surface area contributed by atoms with Gasteiger partial charge in [0.15, 0.2) is 5.78 Å². The fourth-order valence-electron chi connectivity index (χ4n) is 2.63. The Morgan fingerprint density at radius 1 is 0.917 bits per heavy atom. The molecule has 0 spiro atoms. The van der Waals surface area contributed by atoms with Gasteiger partial charge in [0.2, 0.25) is 5.91 Å². The van der Waals surface area contributed by atoms with Gasteiger partial charge < -0.3 is 10.6 Å². The molecule has 0 aromatic heterocycles.